The molecular formula is C37H77ClN2O. The van der Waals surface area contributed by atoms with Crippen LogP contribution >= 0.6 is 0 Å². The van der Waals surface area contributed by atoms with Crippen molar-refractivity contribution in [2.24, 2.45) is 0 Å². The summed E-state index contributed by atoms with van der Waals surface area (Å²) in [4.78, 5) is 12.2. The van der Waals surface area contributed by atoms with Crippen molar-refractivity contribution in [3.63, 3.8) is 0 Å². The van der Waals surface area contributed by atoms with Crippen LogP contribution in [0.15, 0.2) is 0 Å². The van der Waals surface area contributed by atoms with Crippen LogP contribution in [0.4, 0.5) is 0 Å². The molecule has 248 valence electrons. The zero-order valence-electron chi connectivity index (χ0n) is 28.9. The molecule has 0 heterocycles. The summed E-state index contributed by atoms with van der Waals surface area (Å²) in [6.45, 7) is 7.86. The Hall–Kier alpha value is -0.280. The summed E-state index contributed by atoms with van der Waals surface area (Å²) in [6.07, 6.45) is 39.4. The van der Waals surface area contributed by atoms with Crippen LogP contribution in [0, 0.1) is 0 Å². The maximum Gasteiger partial charge on any atom is 0.219 e. The Morgan fingerprint density at radius 2 is 0.732 bits per heavy atom. The predicted octanol–water partition coefficient (Wildman–Crippen LogP) is 8.54. The summed E-state index contributed by atoms with van der Waals surface area (Å²) < 4.78 is 1.09. The predicted molar refractivity (Wildman–Crippen MR) is 180 cm³/mol. The molecule has 0 spiro atoms. The minimum absolute atomic E-state index is 0. The number of rotatable bonds is 33. The monoisotopic (exact) mass is 601 g/mol. The molecule has 0 saturated carbocycles. The van der Waals surface area contributed by atoms with Gasteiger partial charge in [0.05, 0.1) is 27.2 Å². The van der Waals surface area contributed by atoms with Crippen molar-refractivity contribution in [2.75, 3.05) is 33.7 Å². The quantitative estimate of drug-likeness (QED) is 0.0593. The number of quaternary nitrogens is 1. The summed E-state index contributed by atoms with van der Waals surface area (Å²) in [5.41, 5.74) is 0. The Morgan fingerprint density at radius 1 is 0.439 bits per heavy atom. The highest BCUT2D eigenvalue weighted by molar-refractivity contribution is 5.75. The molecule has 4 heteroatoms. The van der Waals surface area contributed by atoms with Crippen molar-refractivity contribution in [1.82, 2.24) is 5.32 Å². The molecule has 1 amide bonds. The lowest BCUT2D eigenvalue weighted by Crippen LogP contribution is -3.00. The van der Waals surface area contributed by atoms with E-state index in [4.69, 9.17) is 0 Å². The van der Waals surface area contributed by atoms with Crippen LogP contribution in [-0.4, -0.2) is 44.1 Å². The van der Waals surface area contributed by atoms with Gasteiger partial charge in [-0.1, -0.05) is 168 Å². The lowest BCUT2D eigenvalue weighted by atomic mass is 10.0. The van der Waals surface area contributed by atoms with E-state index in [1.165, 1.54) is 173 Å². The van der Waals surface area contributed by atoms with Crippen LogP contribution in [0.1, 0.15) is 200 Å². The van der Waals surface area contributed by atoms with E-state index in [1.807, 2.05) is 0 Å². The minimum Gasteiger partial charge on any atom is -1.00 e. The standard InChI is InChI=1S/C37H76N2O.ClH/c1-5-7-9-11-13-15-17-19-20-21-22-24-26-28-30-33-37(40)38-34-32-36-39(3,4)35-31-29-27-25-23-18-16-14-12-10-8-6-2;/h5-36H2,1-4H3;1H. The van der Waals surface area contributed by atoms with Gasteiger partial charge in [0.15, 0.2) is 0 Å². The molecule has 0 rings (SSSR count). The second-order valence-corrected chi connectivity index (χ2v) is 13.7. The molecule has 0 radical (unpaired) electrons. The lowest BCUT2D eigenvalue weighted by Gasteiger charge is -2.30. The zero-order chi connectivity index (χ0) is 29.4. The molecule has 0 fully saturated rings. The molecule has 0 aliphatic carbocycles. The fraction of sp³-hybridized carbons (Fsp3) is 0.973. The summed E-state index contributed by atoms with van der Waals surface area (Å²) in [6, 6.07) is 0. The summed E-state index contributed by atoms with van der Waals surface area (Å²) >= 11 is 0. The Morgan fingerprint density at radius 3 is 1.10 bits per heavy atom. The van der Waals surface area contributed by atoms with Crippen LogP contribution in [0.5, 0.6) is 0 Å². The van der Waals surface area contributed by atoms with Gasteiger partial charge in [-0.3, -0.25) is 4.79 Å². The van der Waals surface area contributed by atoms with Crippen LogP contribution in [0.3, 0.4) is 0 Å². The number of carbonyl (C=O) groups is 1. The van der Waals surface area contributed by atoms with Gasteiger partial charge in [0, 0.05) is 19.4 Å². The summed E-state index contributed by atoms with van der Waals surface area (Å²) in [5, 5.41) is 3.17. The third kappa shape index (κ3) is 35.8. The second-order valence-electron chi connectivity index (χ2n) is 13.7. The number of hydrogen-bond acceptors (Lipinski definition) is 1. The zero-order valence-corrected chi connectivity index (χ0v) is 29.6. The largest absolute Gasteiger partial charge is 1.00 e. The van der Waals surface area contributed by atoms with E-state index in [-0.39, 0.29) is 18.3 Å². The molecule has 0 saturated heterocycles. The highest BCUT2D eigenvalue weighted by Gasteiger charge is 2.14. The molecular weight excluding hydrogens is 524 g/mol. The Kier molecular flexibility index (Phi) is 35.8. The molecule has 0 aromatic heterocycles. The Bertz CT molecular complexity index is 511. The third-order valence-corrected chi connectivity index (χ3v) is 8.89. The molecule has 0 aromatic carbocycles. The minimum atomic E-state index is 0. The molecule has 41 heavy (non-hydrogen) atoms. The van der Waals surface area contributed by atoms with E-state index in [9.17, 15) is 4.79 Å². The smallest absolute Gasteiger partial charge is 0.219 e. The highest BCUT2D eigenvalue weighted by atomic mass is 35.5. The molecule has 0 atom stereocenters. The maximum atomic E-state index is 12.2. The first-order chi connectivity index (χ1) is 19.5. The van der Waals surface area contributed by atoms with E-state index >= 15 is 0 Å². The van der Waals surface area contributed by atoms with Crippen LogP contribution in [0.25, 0.3) is 0 Å². The van der Waals surface area contributed by atoms with Crippen molar-refractivity contribution in [3.05, 3.63) is 0 Å². The molecule has 0 bridgehead atoms. The molecule has 0 unspecified atom stereocenters. The van der Waals surface area contributed by atoms with Crippen molar-refractivity contribution in [1.29, 1.82) is 0 Å². The Balaban J connectivity index is 0. The van der Waals surface area contributed by atoms with E-state index < -0.39 is 0 Å². The van der Waals surface area contributed by atoms with Gasteiger partial charge in [0.1, 0.15) is 0 Å². The third-order valence-electron chi connectivity index (χ3n) is 8.89. The number of hydrogen-bond donors (Lipinski definition) is 1. The molecule has 0 aromatic rings. The van der Waals surface area contributed by atoms with E-state index in [0.717, 1.165) is 36.8 Å². The van der Waals surface area contributed by atoms with Gasteiger partial charge in [-0.05, 0) is 19.3 Å². The van der Waals surface area contributed by atoms with Gasteiger partial charge in [0.2, 0.25) is 5.91 Å². The van der Waals surface area contributed by atoms with Crippen LogP contribution < -0.4 is 17.7 Å². The van der Waals surface area contributed by atoms with Gasteiger partial charge in [0.25, 0.3) is 0 Å². The number of halogens is 1. The topological polar surface area (TPSA) is 29.1 Å². The first kappa shape index (κ1) is 42.9. The Labute approximate surface area is 266 Å². The van der Waals surface area contributed by atoms with Gasteiger partial charge < -0.3 is 22.2 Å². The van der Waals surface area contributed by atoms with Crippen molar-refractivity contribution in [3.8, 4) is 0 Å². The average Bonchev–Trinajstić information content (AvgIpc) is 2.94. The maximum absolute atomic E-state index is 12.2. The van der Waals surface area contributed by atoms with Gasteiger partial charge >= 0.3 is 0 Å². The van der Waals surface area contributed by atoms with Crippen LogP contribution in [-0.2, 0) is 4.79 Å². The number of unbranched alkanes of at least 4 members (excludes halogenated alkanes) is 25. The molecule has 1 N–H and O–H groups in total. The van der Waals surface area contributed by atoms with Gasteiger partial charge in [-0.25, -0.2) is 0 Å². The normalized spacial score (nSPS) is 11.5. The molecule has 3 nitrogen and oxygen atoms in total. The average molecular weight is 601 g/mol. The number of carbonyl (C=O) groups excluding carboxylic acids is 1. The molecule has 0 aliphatic rings. The molecule has 0 aliphatic heterocycles. The first-order valence-corrected chi connectivity index (χ1v) is 18.6. The SMILES string of the molecule is CCCCCCCCCCCCCCCCCC(=O)NCCC[N+](C)(C)CCCCCCCCCCCCCC.[Cl-]. The van der Waals surface area contributed by atoms with Crippen LogP contribution in [0.2, 0.25) is 0 Å². The number of nitrogens with zero attached hydrogens (tertiary/aromatic N) is 1. The van der Waals surface area contributed by atoms with Gasteiger partial charge in [-0.15, -0.1) is 0 Å². The van der Waals surface area contributed by atoms with E-state index in [2.05, 4.69) is 33.3 Å². The van der Waals surface area contributed by atoms with Crippen molar-refractivity contribution >= 4 is 5.91 Å². The number of nitrogens with one attached hydrogen (secondary N) is 1. The van der Waals surface area contributed by atoms with E-state index in [1.54, 1.807) is 0 Å². The van der Waals surface area contributed by atoms with Crippen molar-refractivity contribution < 1.29 is 21.7 Å². The first-order valence-electron chi connectivity index (χ1n) is 18.6. The van der Waals surface area contributed by atoms with E-state index in [0.29, 0.717) is 0 Å². The van der Waals surface area contributed by atoms with Crippen molar-refractivity contribution in [2.45, 2.75) is 200 Å². The summed E-state index contributed by atoms with van der Waals surface area (Å²) in [7, 11) is 4.71. The van der Waals surface area contributed by atoms with Gasteiger partial charge in [-0.2, -0.15) is 0 Å². The lowest BCUT2D eigenvalue weighted by molar-refractivity contribution is -0.890. The number of amides is 1. The second kappa shape index (κ2) is 34.2. The fourth-order valence-electron chi connectivity index (χ4n) is 5.97. The fourth-order valence-corrected chi connectivity index (χ4v) is 5.97. The summed E-state index contributed by atoms with van der Waals surface area (Å²) in [5.74, 6) is 0.265. The highest BCUT2D eigenvalue weighted by Crippen LogP contribution is 2.15.